The Bertz CT molecular complexity index is 870. The largest absolute Gasteiger partial charge is 0.408 e. The lowest BCUT2D eigenvalue weighted by atomic mass is 10.1. The number of rotatable bonds is 4. The Labute approximate surface area is 147 Å². The van der Waals surface area contributed by atoms with E-state index in [-0.39, 0.29) is 0 Å². The number of anilines is 1. The van der Waals surface area contributed by atoms with Gasteiger partial charge in [0.15, 0.2) is 0 Å². The molecule has 134 valence electrons. The van der Waals surface area contributed by atoms with Gasteiger partial charge in [0.05, 0.1) is 4.90 Å². The highest BCUT2D eigenvalue weighted by Crippen LogP contribution is 2.27. The summed E-state index contributed by atoms with van der Waals surface area (Å²) in [4.78, 5) is 2.36. The summed E-state index contributed by atoms with van der Waals surface area (Å²) >= 11 is 0. The molecule has 0 atom stereocenters. The third-order valence-corrected chi connectivity index (χ3v) is 6.87. The van der Waals surface area contributed by atoms with E-state index in [9.17, 15) is 8.42 Å². The minimum atomic E-state index is -3.45. The van der Waals surface area contributed by atoms with Gasteiger partial charge in [0, 0.05) is 32.6 Å². The molecule has 0 saturated carbocycles. The number of aryl methyl sites for hydroxylation is 3. The molecule has 1 aliphatic heterocycles. The molecule has 2 heterocycles. The summed E-state index contributed by atoms with van der Waals surface area (Å²) in [7, 11) is -3.45. The summed E-state index contributed by atoms with van der Waals surface area (Å²) in [5.74, 6) is 0.600. The second-order valence-corrected chi connectivity index (χ2v) is 8.45. The molecule has 1 saturated heterocycles. The Morgan fingerprint density at radius 2 is 1.84 bits per heavy atom. The molecule has 1 fully saturated rings. The summed E-state index contributed by atoms with van der Waals surface area (Å²) in [6.07, 6.45) is 3.84. The third kappa shape index (κ3) is 3.04. The fourth-order valence-electron chi connectivity index (χ4n) is 3.49. The first-order valence-corrected chi connectivity index (χ1v) is 10.2. The average molecular weight is 362 g/mol. The molecule has 1 aliphatic carbocycles. The molecule has 1 aromatic heterocycles. The topological polar surface area (TPSA) is 79.5 Å². The maximum Gasteiger partial charge on any atom is 0.318 e. The summed E-state index contributed by atoms with van der Waals surface area (Å²) in [6.45, 7) is 3.90. The van der Waals surface area contributed by atoms with Crippen molar-refractivity contribution in [3.8, 4) is 0 Å². The van der Waals surface area contributed by atoms with Crippen molar-refractivity contribution in [2.45, 2.75) is 37.5 Å². The fourth-order valence-corrected chi connectivity index (χ4v) is 4.97. The predicted octanol–water partition coefficient (Wildman–Crippen LogP) is 1.63. The highest BCUT2D eigenvalue weighted by atomic mass is 32.2. The molecule has 0 N–H and O–H groups in total. The third-order valence-electron chi connectivity index (χ3n) is 4.98. The van der Waals surface area contributed by atoms with E-state index in [1.54, 1.807) is 10.4 Å². The van der Waals surface area contributed by atoms with Crippen LogP contribution < -0.4 is 4.90 Å². The van der Waals surface area contributed by atoms with E-state index in [0.717, 1.165) is 19.3 Å². The van der Waals surface area contributed by atoms with Crippen molar-refractivity contribution in [1.29, 1.82) is 0 Å². The molecular weight excluding hydrogens is 340 g/mol. The Kier molecular flexibility index (Phi) is 4.24. The van der Waals surface area contributed by atoms with Crippen molar-refractivity contribution in [2.75, 3.05) is 31.1 Å². The number of fused-ring (bicyclic) bond motifs is 1. The number of benzene rings is 1. The molecule has 0 amide bonds. The van der Waals surface area contributed by atoms with Crippen LogP contribution in [0.15, 0.2) is 27.5 Å². The molecule has 4 rings (SSSR count). The summed E-state index contributed by atoms with van der Waals surface area (Å²) in [5, 5.41) is 8.00. The van der Waals surface area contributed by atoms with Crippen LogP contribution in [0.25, 0.3) is 0 Å². The Morgan fingerprint density at radius 1 is 1.08 bits per heavy atom. The number of hydrogen-bond acceptors (Lipinski definition) is 6. The molecule has 7 nitrogen and oxygen atoms in total. The van der Waals surface area contributed by atoms with Crippen LogP contribution in [0.5, 0.6) is 0 Å². The Hall–Kier alpha value is -1.93. The van der Waals surface area contributed by atoms with Gasteiger partial charge in [-0.1, -0.05) is 18.1 Å². The normalized spacial score (nSPS) is 18.5. The Morgan fingerprint density at radius 3 is 2.56 bits per heavy atom. The van der Waals surface area contributed by atoms with Gasteiger partial charge >= 0.3 is 6.01 Å². The van der Waals surface area contributed by atoms with Gasteiger partial charge in [-0.05, 0) is 42.5 Å². The lowest BCUT2D eigenvalue weighted by Crippen LogP contribution is -2.48. The lowest BCUT2D eigenvalue weighted by molar-refractivity contribution is 0.369. The standard InChI is InChI=1S/C17H22N4O3S/c1-2-16-18-19-17(24-16)20-8-10-21(11-9-20)25(22,23)15-7-6-13-4-3-5-14(13)12-15/h6-7,12H,2-5,8-11H2,1H3. The number of piperazine rings is 1. The molecule has 0 spiro atoms. The lowest BCUT2D eigenvalue weighted by Gasteiger charge is -2.32. The van der Waals surface area contributed by atoms with Gasteiger partial charge in [-0.2, -0.15) is 4.31 Å². The van der Waals surface area contributed by atoms with Gasteiger partial charge in [-0.25, -0.2) is 8.42 Å². The van der Waals surface area contributed by atoms with Crippen molar-refractivity contribution >= 4 is 16.0 Å². The number of sulfonamides is 1. The zero-order valence-corrected chi connectivity index (χ0v) is 15.1. The van der Waals surface area contributed by atoms with E-state index in [1.165, 1.54) is 11.1 Å². The van der Waals surface area contributed by atoms with Crippen LogP contribution >= 0.6 is 0 Å². The van der Waals surface area contributed by atoms with Gasteiger partial charge in [0.1, 0.15) is 0 Å². The molecule has 25 heavy (non-hydrogen) atoms. The maximum absolute atomic E-state index is 12.9. The van der Waals surface area contributed by atoms with Gasteiger partial charge in [0.25, 0.3) is 0 Å². The van der Waals surface area contributed by atoms with Crippen LogP contribution in [0.3, 0.4) is 0 Å². The van der Waals surface area contributed by atoms with E-state index >= 15 is 0 Å². The van der Waals surface area contributed by atoms with Crippen LogP contribution in [-0.4, -0.2) is 49.1 Å². The van der Waals surface area contributed by atoms with E-state index < -0.39 is 10.0 Å². The van der Waals surface area contributed by atoms with Crippen molar-refractivity contribution in [3.05, 3.63) is 35.2 Å². The summed E-state index contributed by atoms with van der Waals surface area (Å²) in [5.41, 5.74) is 2.46. The zero-order valence-electron chi connectivity index (χ0n) is 14.3. The first-order valence-electron chi connectivity index (χ1n) is 8.77. The van der Waals surface area contributed by atoms with Crippen LogP contribution in [0, 0.1) is 0 Å². The molecule has 0 radical (unpaired) electrons. The van der Waals surface area contributed by atoms with Crippen molar-refractivity contribution in [3.63, 3.8) is 0 Å². The van der Waals surface area contributed by atoms with E-state index in [1.807, 2.05) is 24.0 Å². The van der Waals surface area contributed by atoms with Gasteiger partial charge in [-0.3, -0.25) is 0 Å². The van der Waals surface area contributed by atoms with Gasteiger partial charge < -0.3 is 9.32 Å². The smallest absolute Gasteiger partial charge is 0.318 e. The molecular formula is C17H22N4O3S. The molecule has 2 aliphatic rings. The summed E-state index contributed by atoms with van der Waals surface area (Å²) < 4.78 is 33.0. The molecule has 1 aromatic carbocycles. The minimum Gasteiger partial charge on any atom is -0.408 e. The number of aromatic nitrogens is 2. The summed E-state index contributed by atoms with van der Waals surface area (Å²) in [6, 6.07) is 6.05. The van der Waals surface area contributed by atoms with E-state index in [4.69, 9.17) is 4.42 Å². The predicted molar refractivity (Wildman–Crippen MR) is 93.1 cm³/mol. The van der Waals surface area contributed by atoms with Gasteiger partial charge in [0.2, 0.25) is 15.9 Å². The highest BCUT2D eigenvalue weighted by Gasteiger charge is 2.30. The number of hydrogen-bond donors (Lipinski definition) is 0. The second-order valence-electron chi connectivity index (χ2n) is 6.51. The maximum atomic E-state index is 12.9. The van der Waals surface area contributed by atoms with Crippen LogP contribution in [0.1, 0.15) is 30.4 Å². The van der Waals surface area contributed by atoms with Crippen molar-refractivity contribution in [1.82, 2.24) is 14.5 Å². The highest BCUT2D eigenvalue weighted by molar-refractivity contribution is 7.89. The van der Waals surface area contributed by atoms with Crippen molar-refractivity contribution < 1.29 is 12.8 Å². The average Bonchev–Trinajstić information content (AvgIpc) is 3.30. The number of nitrogens with zero attached hydrogens (tertiary/aromatic N) is 4. The minimum absolute atomic E-state index is 0.410. The Balaban J connectivity index is 1.47. The van der Waals surface area contributed by atoms with Crippen molar-refractivity contribution in [2.24, 2.45) is 0 Å². The second kappa shape index (κ2) is 6.42. The first kappa shape index (κ1) is 16.5. The van der Waals surface area contributed by atoms with E-state index in [0.29, 0.717) is 49.4 Å². The zero-order chi connectivity index (χ0) is 17.4. The molecule has 2 aromatic rings. The monoisotopic (exact) mass is 362 g/mol. The molecule has 0 bridgehead atoms. The first-order chi connectivity index (χ1) is 12.1. The van der Waals surface area contributed by atoms with Gasteiger partial charge in [-0.15, -0.1) is 5.10 Å². The van der Waals surface area contributed by atoms with Crippen LogP contribution in [0.4, 0.5) is 6.01 Å². The molecule has 0 unspecified atom stereocenters. The van der Waals surface area contributed by atoms with E-state index in [2.05, 4.69) is 10.2 Å². The SMILES string of the molecule is CCc1nnc(N2CCN(S(=O)(=O)c3ccc4c(c3)CCC4)CC2)o1. The fraction of sp³-hybridized carbons (Fsp3) is 0.529. The van der Waals surface area contributed by atoms with Crippen LogP contribution in [0.2, 0.25) is 0 Å². The quantitative estimate of drug-likeness (QED) is 0.822. The molecule has 8 heteroatoms. The van der Waals surface area contributed by atoms with Crippen LogP contribution in [-0.2, 0) is 29.3 Å².